The van der Waals surface area contributed by atoms with Gasteiger partial charge in [0.2, 0.25) is 0 Å². The molecule has 0 aromatic heterocycles. The zero-order chi connectivity index (χ0) is 27.3. The Morgan fingerprint density at radius 3 is 2.31 bits per heavy atom. The lowest BCUT2D eigenvalue weighted by molar-refractivity contribution is -0.107. The van der Waals surface area contributed by atoms with Crippen LogP contribution in [0.25, 0.3) is 0 Å². The summed E-state index contributed by atoms with van der Waals surface area (Å²) in [5, 5.41) is 2.45. The number of halogens is 3. The molecule has 0 unspecified atom stereocenters. The van der Waals surface area contributed by atoms with Crippen LogP contribution < -0.4 is 16.5 Å². The van der Waals surface area contributed by atoms with Crippen LogP contribution in [0.15, 0.2) is 30.3 Å². The van der Waals surface area contributed by atoms with Crippen molar-refractivity contribution < 1.29 is 32.3 Å². The maximum Gasteiger partial charge on any atom is 0.277 e. The number of amides is 1. The highest BCUT2D eigenvalue weighted by atomic mass is 19.2. The molecule has 1 amide bonds. The summed E-state index contributed by atoms with van der Waals surface area (Å²) in [6.07, 6.45) is 5.12. The lowest BCUT2D eigenvalue weighted by Crippen LogP contribution is -2.26. The highest BCUT2D eigenvalue weighted by molar-refractivity contribution is 6.00. The second kappa shape index (κ2) is 20.3. The Morgan fingerprint density at radius 1 is 0.944 bits per heavy atom. The minimum absolute atomic E-state index is 0.0515. The fourth-order valence-corrected chi connectivity index (χ4v) is 2.88. The molecule has 0 heterocycles. The van der Waals surface area contributed by atoms with Crippen LogP contribution in [0.1, 0.15) is 61.9 Å². The number of carbonyl (C=O) groups is 2. The third kappa shape index (κ3) is 12.1. The van der Waals surface area contributed by atoms with Crippen LogP contribution >= 0.6 is 0 Å². The molecule has 2 aromatic carbocycles. The van der Waals surface area contributed by atoms with Gasteiger partial charge in [-0.25, -0.2) is 18.7 Å². The van der Waals surface area contributed by atoms with Gasteiger partial charge in [0.1, 0.15) is 12.1 Å². The van der Waals surface area contributed by atoms with E-state index in [0.29, 0.717) is 18.6 Å². The Hall–Kier alpha value is -2.95. The van der Waals surface area contributed by atoms with Gasteiger partial charge in [-0.2, -0.15) is 0 Å². The normalized spacial score (nSPS) is 9.89. The summed E-state index contributed by atoms with van der Waals surface area (Å²) in [4.78, 5) is 27.7. The molecule has 0 bridgehead atoms. The second-order valence-corrected chi connectivity index (χ2v) is 7.15. The van der Waals surface area contributed by atoms with E-state index < -0.39 is 29.0 Å². The molecular weight excluding hydrogens is 475 g/mol. The first-order valence-corrected chi connectivity index (χ1v) is 12.0. The topological polar surface area (TPSA) is 103 Å². The molecule has 0 aliphatic rings. The van der Waals surface area contributed by atoms with E-state index in [2.05, 4.69) is 16.5 Å². The predicted octanol–water partition coefficient (Wildman–Crippen LogP) is 5.58. The number of hydroxylamine groups is 1. The van der Waals surface area contributed by atoms with Crippen LogP contribution in [0, 0.1) is 24.4 Å². The summed E-state index contributed by atoms with van der Waals surface area (Å²) in [5.74, 6) is -3.99. The molecule has 0 atom stereocenters. The molecule has 0 aliphatic carbocycles. The fraction of sp³-hybridized carbons (Fsp3) is 0.462. The van der Waals surface area contributed by atoms with Gasteiger partial charge in [0.05, 0.1) is 30.2 Å². The second-order valence-electron chi connectivity index (χ2n) is 7.15. The standard InChI is InChI=1S/C23H27F3N2O4.C2H6.CH5N/c1-16-7-10-20(19(25)15-16)27-22-17(8-9-18(24)21(22)26)23(30)28-32-14-13-31-12-6-4-2-3-5-11-29;2*1-2/h7-11,15,27H,2-6,12-14H2,1H3,(H,28,30);1-2H3;2H2,1H3. The summed E-state index contributed by atoms with van der Waals surface area (Å²) >= 11 is 0. The Morgan fingerprint density at radius 2 is 1.64 bits per heavy atom. The van der Waals surface area contributed by atoms with Crippen molar-refractivity contribution in [1.82, 2.24) is 5.48 Å². The van der Waals surface area contributed by atoms with Crippen molar-refractivity contribution in [3.8, 4) is 0 Å². The maximum absolute atomic E-state index is 14.4. The smallest absolute Gasteiger partial charge is 0.277 e. The molecule has 0 radical (unpaired) electrons. The van der Waals surface area contributed by atoms with E-state index in [9.17, 15) is 22.8 Å². The third-order valence-electron chi connectivity index (χ3n) is 4.58. The highest BCUT2D eigenvalue weighted by Gasteiger charge is 2.20. The quantitative estimate of drug-likeness (QED) is 0.173. The molecule has 10 heteroatoms. The van der Waals surface area contributed by atoms with Gasteiger partial charge < -0.3 is 20.6 Å². The third-order valence-corrected chi connectivity index (χ3v) is 4.58. The van der Waals surface area contributed by atoms with Gasteiger partial charge in [-0.15, -0.1) is 0 Å². The van der Waals surface area contributed by atoms with Crippen LogP contribution in [-0.4, -0.2) is 39.1 Å². The van der Waals surface area contributed by atoms with Gasteiger partial charge in [-0.05, 0) is 56.6 Å². The van der Waals surface area contributed by atoms with E-state index in [4.69, 9.17) is 9.57 Å². The first kappa shape index (κ1) is 33.1. The highest BCUT2D eigenvalue weighted by Crippen LogP contribution is 2.28. The van der Waals surface area contributed by atoms with Crippen molar-refractivity contribution >= 4 is 23.6 Å². The van der Waals surface area contributed by atoms with E-state index in [-0.39, 0.29) is 24.5 Å². The van der Waals surface area contributed by atoms with E-state index >= 15 is 0 Å². The molecular formula is C26H38F3N3O4. The number of aryl methyl sites for hydroxylation is 1. The molecule has 0 aliphatic heterocycles. The van der Waals surface area contributed by atoms with Crippen molar-refractivity contribution in [3.05, 3.63) is 58.9 Å². The summed E-state index contributed by atoms with van der Waals surface area (Å²) in [5.41, 5.74) is 6.45. The fourth-order valence-electron chi connectivity index (χ4n) is 2.88. The summed E-state index contributed by atoms with van der Waals surface area (Å²) in [6.45, 7) is 6.49. The first-order chi connectivity index (χ1) is 17.4. The number of nitrogens with one attached hydrogen (secondary N) is 2. The summed E-state index contributed by atoms with van der Waals surface area (Å²) in [7, 11) is 1.50. The van der Waals surface area contributed by atoms with E-state index in [1.54, 1.807) is 13.0 Å². The largest absolute Gasteiger partial charge is 0.379 e. The molecule has 202 valence electrons. The number of ether oxygens (including phenoxy) is 1. The van der Waals surface area contributed by atoms with Crippen molar-refractivity contribution in [3.63, 3.8) is 0 Å². The first-order valence-electron chi connectivity index (χ1n) is 12.0. The van der Waals surface area contributed by atoms with Crippen molar-refractivity contribution in [2.75, 3.05) is 32.2 Å². The molecule has 0 saturated carbocycles. The van der Waals surface area contributed by atoms with Crippen molar-refractivity contribution in [2.24, 2.45) is 5.73 Å². The minimum atomic E-state index is -1.31. The maximum atomic E-state index is 14.4. The number of hydrogen-bond acceptors (Lipinski definition) is 6. The number of aldehydes is 1. The molecule has 7 nitrogen and oxygen atoms in total. The van der Waals surface area contributed by atoms with Gasteiger partial charge in [-0.3, -0.25) is 9.63 Å². The van der Waals surface area contributed by atoms with Gasteiger partial charge in [0, 0.05) is 13.0 Å². The zero-order valence-electron chi connectivity index (χ0n) is 21.5. The molecule has 2 aromatic rings. The van der Waals surface area contributed by atoms with Gasteiger partial charge in [-0.1, -0.05) is 32.8 Å². The summed E-state index contributed by atoms with van der Waals surface area (Å²) in [6, 6.07) is 6.07. The number of anilines is 2. The van der Waals surface area contributed by atoms with Crippen molar-refractivity contribution in [2.45, 2.75) is 52.9 Å². The SMILES string of the molecule is CC.CN.Cc1ccc(Nc2c(C(=O)NOCCOCCCCCCC=O)ccc(F)c2F)c(F)c1. The van der Waals surface area contributed by atoms with Crippen LogP contribution in [0.3, 0.4) is 0 Å². The average molecular weight is 514 g/mol. The number of rotatable bonds is 14. The molecule has 2 rings (SSSR count). The number of hydrogen-bond donors (Lipinski definition) is 3. The molecule has 36 heavy (non-hydrogen) atoms. The Labute approximate surface area is 211 Å². The van der Waals surface area contributed by atoms with Crippen LogP contribution in [0.4, 0.5) is 24.5 Å². The van der Waals surface area contributed by atoms with E-state index in [1.807, 2.05) is 13.8 Å². The van der Waals surface area contributed by atoms with Crippen LogP contribution in [0.2, 0.25) is 0 Å². The van der Waals surface area contributed by atoms with Gasteiger partial charge in [0.25, 0.3) is 5.91 Å². The Kier molecular flexibility index (Phi) is 18.6. The molecule has 4 N–H and O–H groups in total. The monoisotopic (exact) mass is 513 g/mol. The van der Waals surface area contributed by atoms with Crippen LogP contribution in [0.5, 0.6) is 0 Å². The van der Waals surface area contributed by atoms with Crippen LogP contribution in [-0.2, 0) is 14.4 Å². The number of carbonyl (C=O) groups excluding carboxylic acids is 2. The number of unbranched alkanes of at least 4 members (excludes halogenated alkanes) is 4. The molecule has 0 fully saturated rings. The lowest BCUT2D eigenvalue weighted by Gasteiger charge is -2.14. The Balaban J connectivity index is 0.00000291. The number of nitrogens with two attached hydrogens (primary N) is 1. The lowest BCUT2D eigenvalue weighted by atomic mass is 10.1. The minimum Gasteiger partial charge on any atom is -0.379 e. The zero-order valence-corrected chi connectivity index (χ0v) is 21.5. The van der Waals surface area contributed by atoms with Crippen molar-refractivity contribution in [1.29, 1.82) is 0 Å². The van der Waals surface area contributed by atoms with E-state index in [1.165, 1.54) is 19.2 Å². The summed E-state index contributed by atoms with van der Waals surface area (Å²) < 4.78 is 47.6. The molecule has 0 saturated heterocycles. The van der Waals surface area contributed by atoms with Gasteiger partial charge in [0.15, 0.2) is 11.6 Å². The van der Waals surface area contributed by atoms with E-state index in [0.717, 1.165) is 44.1 Å². The Bertz CT molecular complexity index is 914. The molecule has 0 spiro atoms. The van der Waals surface area contributed by atoms with Gasteiger partial charge >= 0.3 is 0 Å². The predicted molar refractivity (Wildman–Crippen MR) is 136 cm³/mol. The number of benzene rings is 2. The average Bonchev–Trinajstić information content (AvgIpc) is 2.89.